The highest BCUT2D eigenvalue weighted by atomic mass is 79.9. The van der Waals surface area contributed by atoms with Crippen LogP contribution in [0.3, 0.4) is 0 Å². The molecule has 0 aromatic heterocycles. The van der Waals surface area contributed by atoms with E-state index < -0.39 is 5.41 Å². The van der Waals surface area contributed by atoms with E-state index in [4.69, 9.17) is 4.74 Å². The molecule has 4 rings (SSSR count). The smallest absolute Gasteiger partial charge is 0.323 e. The number of carbonyl (C=O) groups is 1. The normalized spacial score (nSPS) is 20.5. The number of hydrogen-bond donors (Lipinski definition) is 1. The fourth-order valence-corrected chi connectivity index (χ4v) is 4.58. The van der Waals surface area contributed by atoms with Gasteiger partial charge in [-0.3, -0.25) is 4.79 Å². The standard InChI is InChI=1S/C24H22BrNO2/c1-16(2)28-23(27)24(17-10-4-3-5-11-17)19-13-7-9-15-21(19)26-22(24)18-12-6-8-14-20(18)25/h3-16,22,26H,1-2H3/t22-,24-/m1/s1. The molecule has 3 nitrogen and oxygen atoms in total. The Hall–Kier alpha value is -2.59. The topological polar surface area (TPSA) is 38.3 Å². The van der Waals surface area contributed by atoms with Crippen LogP contribution in [-0.4, -0.2) is 12.1 Å². The SMILES string of the molecule is CC(C)OC(=O)[C@]1(c2ccccc2)c2ccccc2N[C@@H]1c1ccccc1Br. The van der Waals surface area contributed by atoms with Crippen LogP contribution in [0.1, 0.15) is 36.6 Å². The number of nitrogens with one attached hydrogen (secondary N) is 1. The monoisotopic (exact) mass is 435 g/mol. The maximum atomic E-state index is 13.8. The first kappa shape index (κ1) is 18.8. The van der Waals surface area contributed by atoms with Crippen LogP contribution in [0.25, 0.3) is 0 Å². The Balaban J connectivity index is 2.03. The highest BCUT2D eigenvalue weighted by molar-refractivity contribution is 9.10. The molecule has 1 heterocycles. The van der Waals surface area contributed by atoms with E-state index in [1.54, 1.807) is 0 Å². The third kappa shape index (κ3) is 2.92. The summed E-state index contributed by atoms with van der Waals surface area (Å²) in [6, 6.07) is 25.7. The van der Waals surface area contributed by atoms with Gasteiger partial charge >= 0.3 is 5.97 Å². The quantitative estimate of drug-likeness (QED) is 0.521. The van der Waals surface area contributed by atoms with Gasteiger partial charge in [-0.15, -0.1) is 0 Å². The number of esters is 1. The molecule has 0 bridgehead atoms. The van der Waals surface area contributed by atoms with E-state index in [1.807, 2.05) is 92.7 Å². The molecule has 1 aliphatic heterocycles. The number of fused-ring (bicyclic) bond motifs is 1. The van der Waals surface area contributed by atoms with Crippen molar-refractivity contribution in [1.29, 1.82) is 0 Å². The van der Waals surface area contributed by atoms with Gasteiger partial charge in [0.15, 0.2) is 0 Å². The van der Waals surface area contributed by atoms with Crippen LogP contribution in [0.2, 0.25) is 0 Å². The van der Waals surface area contributed by atoms with Gasteiger partial charge in [0.25, 0.3) is 0 Å². The molecule has 0 saturated carbocycles. The number of benzene rings is 3. The Morgan fingerprint density at radius 3 is 2.32 bits per heavy atom. The Labute approximate surface area is 173 Å². The van der Waals surface area contributed by atoms with Crippen molar-refractivity contribution in [3.8, 4) is 0 Å². The molecule has 0 fully saturated rings. The molecular weight excluding hydrogens is 414 g/mol. The molecule has 0 amide bonds. The van der Waals surface area contributed by atoms with Gasteiger partial charge < -0.3 is 10.1 Å². The number of halogens is 1. The van der Waals surface area contributed by atoms with Crippen molar-refractivity contribution in [2.24, 2.45) is 0 Å². The second-order valence-corrected chi connectivity index (χ2v) is 8.13. The van der Waals surface area contributed by atoms with Gasteiger partial charge in [0.05, 0.1) is 12.1 Å². The Bertz CT molecular complexity index is 1000. The summed E-state index contributed by atoms with van der Waals surface area (Å²) >= 11 is 3.68. The van der Waals surface area contributed by atoms with Gasteiger partial charge in [-0.25, -0.2) is 0 Å². The zero-order chi connectivity index (χ0) is 19.7. The minimum atomic E-state index is -0.980. The van der Waals surface area contributed by atoms with Crippen LogP contribution >= 0.6 is 15.9 Å². The third-order valence-electron chi connectivity index (χ3n) is 5.19. The average molecular weight is 436 g/mol. The molecule has 0 unspecified atom stereocenters. The van der Waals surface area contributed by atoms with E-state index >= 15 is 0 Å². The lowest BCUT2D eigenvalue weighted by Gasteiger charge is -2.35. The predicted molar refractivity (Wildman–Crippen MR) is 115 cm³/mol. The number of rotatable bonds is 4. The molecule has 28 heavy (non-hydrogen) atoms. The number of para-hydroxylation sites is 1. The number of hydrogen-bond acceptors (Lipinski definition) is 3. The summed E-state index contributed by atoms with van der Waals surface area (Å²) in [5.41, 5.74) is 2.84. The molecule has 3 aromatic rings. The second kappa shape index (κ2) is 7.44. The van der Waals surface area contributed by atoms with Gasteiger partial charge in [-0.1, -0.05) is 82.7 Å². The molecule has 3 aromatic carbocycles. The minimum Gasteiger partial charge on any atom is -0.462 e. The van der Waals surface area contributed by atoms with E-state index in [0.717, 1.165) is 26.9 Å². The predicted octanol–water partition coefficient (Wildman–Crippen LogP) is 5.85. The van der Waals surface area contributed by atoms with Gasteiger partial charge in [-0.2, -0.15) is 0 Å². The van der Waals surface area contributed by atoms with Gasteiger partial charge in [0.2, 0.25) is 0 Å². The Kier molecular flexibility index (Phi) is 4.98. The van der Waals surface area contributed by atoms with Crippen molar-refractivity contribution < 1.29 is 9.53 Å². The van der Waals surface area contributed by atoms with Crippen molar-refractivity contribution in [1.82, 2.24) is 0 Å². The lowest BCUT2D eigenvalue weighted by atomic mass is 9.69. The van der Waals surface area contributed by atoms with E-state index in [2.05, 4.69) is 21.2 Å². The van der Waals surface area contributed by atoms with Crippen LogP contribution < -0.4 is 5.32 Å². The number of anilines is 1. The molecule has 0 aliphatic carbocycles. The zero-order valence-corrected chi connectivity index (χ0v) is 17.4. The maximum Gasteiger partial charge on any atom is 0.323 e. The Morgan fingerprint density at radius 1 is 0.964 bits per heavy atom. The van der Waals surface area contributed by atoms with Crippen LogP contribution in [-0.2, 0) is 14.9 Å². The summed E-state index contributed by atoms with van der Waals surface area (Å²) < 4.78 is 6.80. The second-order valence-electron chi connectivity index (χ2n) is 7.27. The van der Waals surface area contributed by atoms with Crippen LogP contribution in [0.5, 0.6) is 0 Å². The fraction of sp³-hybridized carbons (Fsp3) is 0.208. The highest BCUT2D eigenvalue weighted by Gasteiger charge is 2.56. The van der Waals surface area contributed by atoms with E-state index in [9.17, 15) is 4.79 Å². The summed E-state index contributed by atoms with van der Waals surface area (Å²) in [5.74, 6) is -0.244. The fourth-order valence-electron chi connectivity index (χ4n) is 4.07. The molecule has 0 radical (unpaired) electrons. The summed E-state index contributed by atoms with van der Waals surface area (Å²) in [6.45, 7) is 3.77. The molecule has 0 spiro atoms. The van der Waals surface area contributed by atoms with Crippen molar-refractivity contribution in [3.05, 3.63) is 100 Å². The zero-order valence-electron chi connectivity index (χ0n) is 15.9. The number of carbonyl (C=O) groups excluding carboxylic acids is 1. The molecule has 4 heteroatoms. The summed E-state index contributed by atoms with van der Waals surface area (Å²) in [6.07, 6.45) is -0.208. The first-order valence-electron chi connectivity index (χ1n) is 9.42. The maximum absolute atomic E-state index is 13.8. The first-order chi connectivity index (χ1) is 13.5. The minimum absolute atomic E-state index is 0.208. The van der Waals surface area contributed by atoms with Crippen molar-refractivity contribution >= 4 is 27.6 Å². The van der Waals surface area contributed by atoms with Crippen LogP contribution in [0.4, 0.5) is 5.69 Å². The Morgan fingerprint density at radius 2 is 1.61 bits per heavy atom. The molecule has 142 valence electrons. The number of ether oxygens (including phenoxy) is 1. The third-order valence-corrected chi connectivity index (χ3v) is 5.92. The van der Waals surface area contributed by atoms with Gasteiger partial charge in [-0.05, 0) is 42.7 Å². The lowest BCUT2D eigenvalue weighted by molar-refractivity contribution is -0.153. The molecule has 1 aliphatic rings. The van der Waals surface area contributed by atoms with Crippen LogP contribution in [0, 0.1) is 0 Å². The van der Waals surface area contributed by atoms with E-state index in [1.165, 1.54) is 0 Å². The van der Waals surface area contributed by atoms with E-state index in [0.29, 0.717) is 0 Å². The van der Waals surface area contributed by atoms with Crippen molar-refractivity contribution in [2.45, 2.75) is 31.4 Å². The summed E-state index contributed by atoms with van der Waals surface area (Å²) in [5, 5.41) is 3.60. The summed E-state index contributed by atoms with van der Waals surface area (Å²) in [7, 11) is 0. The van der Waals surface area contributed by atoms with Crippen molar-refractivity contribution in [2.75, 3.05) is 5.32 Å². The molecule has 1 N–H and O–H groups in total. The van der Waals surface area contributed by atoms with Crippen LogP contribution in [0.15, 0.2) is 83.3 Å². The van der Waals surface area contributed by atoms with Crippen molar-refractivity contribution in [3.63, 3.8) is 0 Å². The average Bonchev–Trinajstić information content (AvgIpc) is 3.04. The molecule has 0 saturated heterocycles. The van der Waals surface area contributed by atoms with E-state index in [-0.39, 0.29) is 18.1 Å². The largest absolute Gasteiger partial charge is 0.462 e. The summed E-state index contributed by atoms with van der Waals surface area (Å²) in [4.78, 5) is 13.8. The molecular formula is C24H22BrNO2. The highest BCUT2D eigenvalue weighted by Crippen LogP contribution is 2.54. The van der Waals surface area contributed by atoms with Gasteiger partial charge in [0.1, 0.15) is 5.41 Å². The lowest BCUT2D eigenvalue weighted by Crippen LogP contribution is -2.44. The van der Waals surface area contributed by atoms with Gasteiger partial charge in [0, 0.05) is 10.2 Å². The first-order valence-corrected chi connectivity index (χ1v) is 10.2. The molecule has 2 atom stereocenters.